The van der Waals surface area contributed by atoms with Crippen LogP contribution in [-0.4, -0.2) is 37.6 Å². The maximum absolute atomic E-state index is 6.33. The van der Waals surface area contributed by atoms with Crippen LogP contribution in [0.4, 0.5) is 0 Å². The van der Waals surface area contributed by atoms with Gasteiger partial charge in [0.2, 0.25) is 0 Å². The summed E-state index contributed by atoms with van der Waals surface area (Å²) in [6.45, 7) is 8.70. The Balaban J connectivity index is -0.000000298. The topological polar surface area (TPSA) is 0 Å². The van der Waals surface area contributed by atoms with Crippen molar-refractivity contribution < 1.29 is 11.2 Å². The van der Waals surface area contributed by atoms with Crippen molar-refractivity contribution in [3.63, 3.8) is 0 Å². The van der Waals surface area contributed by atoms with E-state index >= 15 is 0 Å². The Hall–Kier alpha value is 3.45. The first-order valence-electron chi connectivity index (χ1n) is 15.1. The van der Waals surface area contributed by atoms with E-state index < -0.39 is 11.2 Å². The molecule has 0 amide bonds. The van der Waals surface area contributed by atoms with Crippen LogP contribution in [0.3, 0.4) is 0 Å². The van der Waals surface area contributed by atoms with Crippen molar-refractivity contribution in [1.82, 2.24) is 0 Å². The molecular weight excluding hydrogens is 806 g/mol. The summed E-state index contributed by atoms with van der Waals surface area (Å²) in [4.78, 5) is 0. The van der Waals surface area contributed by atoms with Gasteiger partial charge in [-0.05, 0) is 64.2 Å². The number of hydrogen-bond donors (Lipinski definition) is 0. The number of halogens is 11. The fourth-order valence-corrected chi connectivity index (χ4v) is 7.10. The van der Waals surface area contributed by atoms with Crippen LogP contribution in [0.5, 0.6) is 0 Å². The number of hydrogen-bond acceptors (Lipinski definition) is 0. The predicted octanol–water partition coefficient (Wildman–Crippen LogP) is 16.0. The normalized spacial score (nSPS) is 16.5. The van der Waals surface area contributed by atoms with Gasteiger partial charge < -0.3 is 0 Å². The van der Waals surface area contributed by atoms with Crippen molar-refractivity contribution in [2.45, 2.75) is 174 Å². The molecule has 0 aromatic rings. The molecule has 0 fully saturated rings. The zero-order chi connectivity index (χ0) is 32.1. The van der Waals surface area contributed by atoms with Crippen LogP contribution in [0.15, 0.2) is 12.2 Å². The van der Waals surface area contributed by atoms with Crippen molar-refractivity contribution in [2.24, 2.45) is 0 Å². The second kappa shape index (κ2) is 38.9. The predicted molar refractivity (Wildman–Crippen MR) is 203 cm³/mol. The third-order valence-corrected chi connectivity index (χ3v) is 8.80. The van der Waals surface area contributed by atoms with E-state index in [0.717, 1.165) is 64.2 Å². The minimum atomic E-state index is -1.33. The van der Waals surface area contributed by atoms with Crippen LogP contribution in [-0.2, 0) is 11.2 Å². The zero-order valence-electron chi connectivity index (χ0n) is 25.8. The molecule has 0 nitrogen and oxygen atoms in total. The Labute approximate surface area is 318 Å². The third kappa shape index (κ3) is 45.6. The summed E-state index contributed by atoms with van der Waals surface area (Å²) < 4.78 is 0. The summed E-state index contributed by atoms with van der Waals surface area (Å²) >= 11 is 42.6. The Kier molecular flexibility index (Phi) is 48.4. The van der Waals surface area contributed by atoms with Gasteiger partial charge >= 0.3 is 41.5 Å². The number of unbranched alkanes of at least 4 members (excludes halogenated alkanes) is 4. The van der Waals surface area contributed by atoms with E-state index in [1.807, 2.05) is 0 Å². The molecule has 12 heteroatoms. The van der Waals surface area contributed by atoms with Crippen molar-refractivity contribution >= 4 is 124 Å². The van der Waals surface area contributed by atoms with Gasteiger partial charge in [-0.25, -0.2) is 0 Å². The first-order valence-corrected chi connectivity index (χ1v) is 22.7. The van der Waals surface area contributed by atoms with Crippen molar-refractivity contribution in [3.05, 3.63) is 12.2 Å². The van der Waals surface area contributed by atoms with Gasteiger partial charge in [0.25, 0.3) is 0 Å². The summed E-state index contributed by atoms with van der Waals surface area (Å²) in [5, 5.41) is 0.930. The SMILES string of the molecule is CCC/C=C/CC(Cl)CC(Cl)CC(Cl)CCCC.CCCCC(Cl)CC(Cl)CC(Cl)CC(Cl)CCCC.Cl.[Cl][Fe]([Cl])[Cl]. The molecule has 0 heterocycles. The molecule has 0 aliphatic carbocycles. The Morgan fingerprint density at radius 1 is 0.452 bits per heavy atom. The first-order chi connectivity index (χ1) is 19.3. The van der Waals surface area contributed by atoms with Gasteiger partial charge in [0.15, 0.2) is 0 Å². The van der Waals surface area contributed by atoms with E-state index in [1.165, 1.54) is 44.9 Å². The molecule has 0 saturated carbocycles. The average molecular weight is 863 g/mol. The summed E-state index contributed by atoms with van der Waals surface area (Å²) in [6, 6.07) is 0. The van der Waals surface area contributed by atoms with Gasteiger partial charge in [0, 0.05) is 37.6 Å². The molecule has 0 aromatic carbocycles. The van der Waals surface area contributed by atoms with E-state index in [4.69, 9.17) is 112 Å². The molecule has 0 rings (SSSR count). The minimum absolute atomic E-state index is 0. The van der Waals surface area contributed by atoms with Crippen molar-refractivity contribution in [2.75, 3.05) is 0 Å². The molecule has 0 spiro atoms. The second-order valence-electron chi connectivity index (χ2n) is 10.4. The molecular formula is C30H56Cl11Fe. The Morgan fingerprint density at radius 3 is 1.02 bits per heavy atom. The van der Waals surface area contributed by atoms with Crippen LogP contribution in [0.2, 0.25) is 0 Å². The summed E-state index contributed by atoms with van der Waals surface area (Å²) in [6.07, 6.45) is 22.0. The van der Waals surface area contributed by atoms with E-state index in [2.05, 4.69) is 39.8 Å². The molecule has 0 aromatic heterocycles. The molecule has 7 atom stereocenters. The van der Waals surface area contributed by atoms with Gasteiger partial charge in [-0.15, -0.1) is 93.6 Å². The molecule has 0 N–H and O–H groups in total. The summed E-state index contributed by atoms with van der Waals surface area (Å²) in [5.74, 6) is 0. The monoisotopic (exact) mass is 857 g/mol. The fourth-order valence-electron chi connectivity index (χ4n) is 3.93. The zero-order valence-corrected chi connectivity index (χ0v) is 35.2. The molecule has 0 radical (unpaired) electrons. The fraction of sp³-hybridized carbons (Fsp3) is 0.933. The first kappa shape index (κ1) is 52.3. The maximum atomic E-state index is 6.33. The van der Waals surface area contributed by atoms with Crippen LogP contribution in [0.1, 0.15) is 137 Å². The molecule has 0 aliphatic rings. The average Bonchev–Trinajstić information content (AvgIpc) is 2.87. The third-order valence-electron chi connectivity index (χ3n) is 6.18. The molecule has 0 aliphatic heterocycles. The van der Waals surface area contributed by atoms with Crippen molar-refractivity contribution in [3.8, 4) is 0 Å². The van der Waals surface area contributed by atoms with Gasteiger partial charge in [-0.1, -0.05) is 84.8 Å². The standard InChI is InChI=1S/C15H28Cl4.C15H27Cl3.4ClH.Fe/c1-3-5-7-12(16)9-14(18)11-15(19)10-13(17)8-6-4-2;1-3-5-7-8-10-14(17)12-15(18)11-13(16)9-6-4-2;;;;;/h12-15H,3-11H2,1-2H3;7-8,13-15H,3-6,9-12H2,1-2H3;4*1H;/q;;;;;;+3/p-3/b;8-7+;;;;;. The van der Waals surface area contributed by atoms with Crippen LogP contribution < -0.4 is 0 Å². The van der Waals surface area contributed by atoms with Gasteiger partial charge in [0.05, 0.1) is 0 Å². The molecule has 0 saturated heterocycles. The Morgan fingerprint density at radius 2 is 0.738 bits per heavy atom. The summed E-state index contributed by atoms with van der Waals surface area (Å²) in [7, 11) is 14.7. The van der Waals surface area contributed by atoms with E-state index in [9.17, 15) is 0 Å². The van der Waals surface area contributed by atoms with Crippen molar-refractivity contribution in [1.29, 1.82) is 0 Å². The Bertz CT molecular complexity index is 521. The van der Waals surface area contributed by atoms with Crippen LogP contribution in [0.25, 0.3) is 0 Å². The number of alkyl halides is 7. The quantitative estimate of drug-likeness (QED) is 0.0545. The number of rotatable bonds is 23. The van der Waals surface area contributed by atoms with E-state index in [-0.39, 0.29) is 50.0 Å². The second-order valence-corrected chi connectivity index (χ2v) is 20.2. The van der Waals surface area contributed by atoms with Crippen LogP contribution >= 0.6 is 124 Å². The van der Waals surface area contributed by atoms with E-state index in [0.29, 0.717) is 0 Å². The van der Waals surface area contributed by atoms with Gasteiger partial charge in [-0.3, -0.25) is 0 Å². The van der Waals surface area contributed by atoms with Gasteiger partial charge in [-0.2, -0.15) is 0 Å². The summed E-state index contributed by atoms with van der Waals surface area (Å²) in [5.41, 5.74) is 0. The molecule has 261 valence electrons. The van der Waals surface area contributed by atoms with E-state index in [1.54, 1.807) is 0 Å². The number of allylic oxidation sites excluding steroid dienone is 2. The van der Waals surface area contributed by atoms with Crippen LogP contribution in [0, 0.1) is 0 Å². The molecule has 7 unspecified atom stereocenters. The van der Waals surface area contributed by atoms with Gasteiger partial charge in [0.1, 0.15) is 0 Å². The molecule has 42 heavy (non-hydrogen) atoms. The molecule has 0 bridgehead atoms.